The van der Waals surface area contributed by atoms with E-state index in [9.17, 15) is 5.11 Å². The van der Waals surface area contributed by atoms with E-state index >= 15 is 0 Å². The molecule has 0 aromatic carbocycles. The third-order valence-electron chi connectivity index (χ3n) is 3.11. The molecule has 0 spiro atoms. The maximum atomic E-state index is 10.2. The van der Waals surface area contributed by atoms with E-state index in [1.54, 1.807) is 0 Å². The van der Waals surface area contributed by atoms with Gasteiger partial charge in [-0.15, -0.1) is 0 Å². The van der Waals surface area contributed by atoms with Crippen LogP contribution in [0.25, 0.3) is 0 Å². The van der Waals surface area contributed by atoms with Gasteiger partial charge in [0.2, 0.25) is 0 Å². The van der Waals surface area contributed by atoms with Gasteiger partial charge in [0.15, 0.2) is 0 Å². The first-order chi connectivity index (χ1) is 6.56. The summed E-state index contributed by atoms with van der Waals surface area (Å²) in [6.07, 6.45) is 1.91. The van der Waals surface area contributed by atoms with Crippen molar-refractivity contribution in [1.82, 2.24) is 4.98 Å². The Kier molecular flexibility index (Phi) is 2.11. The molecule has 0 bridgehead atoms. The van der Waals surface area contributed by atoms with Gasteiger partial charge >= 0.3 is 0 Å². The highest BCUT2D eigenvalue weighted by atomic mass is 16.3. The quantitative estimate of drug-likeness (QED) is 0.778. The zero-order valence-electron chi connectivity index (χ0n) is 9.04. The van der Waals surface area contributed by atoms with Gasteiger partial charge in [0.25, 0.3) is 0 Å². The number of pyridine rings is 1. The summed E-state index contributed by atoms with van der Waals surface area (Å²) in [4.78, 5) is 4.42. The van der Waals surface area contributed by atoms with E-state index in [1.165, 1.54) is 5.56 Å². The molecular weight excluding hydrogens is 174 g/mol. The summed E-state index contributed by atoms with van der Waals surface area (Å²) in [5.41, 5.74) is 2.42. The summed E-state index contributed by atoms with van der Waals surface area (Å²) in [6, 6.07) is 4.04. The predicted octanol–water partition coefficient (Wildman–Crippen LogP) is 2.32. The van der Waals surface area contributed by atoms with E-state index in [2.05, 4.69) is 11.9 Å². The Bertz CT molecular complexity index is 341. The second kappa shape index (κ2) is 3.06. The maximum absolute atomic E-state index is 10.2. The Morgan fingerprint density at radius 1 is 1.50 bits per heavy atom. The summed E-state index contributed by atoms with van der Waals surface area (Å²) in [7, 11) is 0. The smallest absolute Gasteiger partial charge is 0.110 e. The van der Waals surface area contributed by atoms with Crippen molar-refractivity contribution in [2.75, 3.05) is 0 Å². The molecule has 2 heteroatoms. The number of rotatable bonds is 2. The van der Waals surface area contributed by atoms with Crippen molar-refractivity contribution in [2.45, 2.75) is 39.2 Å². The number of nitrogens with zero attached hydrogens (tertiary/aromatic N) is 1. The van der Waals surface area contributed by atoms with Gasteiger partial charge in [0.1, 0.15) is 5.60 Å². The largest absolute Gasteiger partial charge is 0.383 e. The lowest BCUT2D eigenvalue weighted by Gasteiger charge is -2.11. The highest BCUT2D eigenvalue weighted by molar-refractivity contribution is 5.28. The maximum Gasteiger partial charge on any atom is 0.110 e. The minimum absolute atomic E-state index is 0.413. The first-order valence-corrected chi connectivity index (χ1v) is 5.24. The van der Waals surface area contributed by atoms with Crippen LogP contribution < -0.4 is 0 Å². The molecule has 1 aliphatic carbocycles. The fraction of sp³-hybridized carbons (Fsp3) is 0.583. The summed E-state index contributed by atoms with van der Waals surface area (Å²) >= 11 is 0. The Hall–Kier alpha value is -0.890. The second-order valence-electron chi connectivity index (χ2n) is 4.40. The number of aromatic nitrogens is 1. The van der Waals surface area contributed by atoms with Crippen molar-refractivity contribution in [3.8, 4) is 0 Å². The minimum atomic E-state index is -0.620. The van der Waals surface area contributed by atoms with Crippen LogP contribution in [0.2, 0.25) is 0 Å². The standard InChI is InChI=1S/C12H17NO/c1-4-10-7-12(10,14)11-6-8(2)5-9(3)13-11/h5-6,10,14H,4,7H2,1-3H3. The van der Waals surface area contributed by atoms with Crippen molar-refractivity contribution in [1.29, 1.82) is 0 Å². The summed E-state index contributed by atoms with van der Waals surface area (Å²) < 4.78 is 0. The molecular formula is C12H17NO. The first kappa shape index (κ1) is 9.66. The van der Waals surface area contributed by atoms with Crippen molar-refractivity contribution in [2.24, 2.45) is 5.92 Å². The lowest BCUT2D eigenvalue weighted by Crippen LogP contribution is -2.11. The Morgan fingerprint density at radius 3 is 2.71 bits per heavy atom. The molecule has 1 heterocycles. The zero-order valence-corrected chi connectivity index (χ0v) is 9.04. The molecule has 1 aromatic heterocycles. The highest BCUT2D eigenvalue weighted by Crippen LogP contribution is 2.53. The van der Waals surface area contributed by atoms with Crippen molar-refractivity contribution < 1.29 is 5.11 Å². The fourth-order valence-corrected chi connectivity index (χ4v) is 2.18. The Balaban J connectivity index is 2.34. The summed E-state index contributed by atoms with van der Waals surface area (Å²) in [5.74, 6) is 0.413. The normalized spacial score (nSPS) is 30.4. The van der Waals surface area contributed by atoms with Crippen molar-refractivity contribution in [3.05, 3.63) is 29.1 Å². The third kappa shape index (κ3) is 1.44. The molecule has 76 valence electrons. The molecule has 0 radical (unpaired) electrons. The Morgan fingerprint density at radius 2 is 2.21 bits per heavy atom. The molecule has 1 N–H and O–H groups in total. The topological polar surface area (TPSA) is 33.1 Å². The van der Waals surface area contributed by atoms with Crippen LogP contribution in [0.15, 0.2) is 12.1 Å². The number of aliphatic hydroxyl groups is 1. The van der Waals surface area contributed by atoms with Gasteiger partial charge in [0.05, 0.1) is 5.69 Å². The van der Waals surface area contributed by atoms with Crippen LogP contribution in [0.5, 0.6) is 0 Å². The Labute approximate surface area is 85.0 Å². The van der Waals surface area contributed by atoms with Crippen LogP contribution in [-0.2, 0) is 5.60 Å². The first-order valence-electron chi connectivity index (χ1n) is 5.24. The molecule has 2 atom stereocenters. The number of aryl methyl sites for hydroxylation is 2. The molecule has 1 saturated carbocycles. The monoisotopic (exact) mass is 191 g/mol. The molecule has 14 heavy (non-hydrogen) atoms. The summed E-state index contributed by atoms with van der Waals surface area (Å²) in [5, 5.41) is 10.2. The molecule has 1 aromatic rings. The minimum Gasteiger partial charge on any atom is -0.383 e. The van der Waals surface area contributed by atoms with Crippen LogP contribution in [0.4, 0.5) is 0 Å². The van der Waals surface area contributed by atoms with Crippen molar-refractivity contribution >= 4 is 0 Å². The van der Waals surface area contributed by atoms with Crippen molar-refractivity contribution in [3.63, 3.8) is 0 Å². The van der Waals surface area contributed by atoms with Gasteiger partial charge in [0, 0.05) is 5.69 Å². The van der Waals surface area contributed by atoms with Crippen LogP contribution in [0, 0.1) is 19.8 Å². The highest BCUT2D eigenvalue weighted by Gasteiger charge is 2.54. The molecule has 0 amide bonds. The molecule has 0 aliphatic heterocycles. The van der Waals surface area contributed by atoms with Crippen LogP contribution >= 0.6 is 0 Å². The average Bonchev–Trinajstić information content (AvgIpc) is 2.77. The number of hydrogen-bond donors (Lipinski definition) is 1. The molecule has 0 saturated heterocycles. The van der Waals surface area contributed by atoms with Crippen LogP contribution in [-0.4, -0.2) is 10.1 Å². The molecule has 2 nitrogen and oxygen atoms in total. The van der Waals surface area contributed by atoms with E-state index < -0.39 is 5.60 Å². The molecule has 1 fully saturated rings. The van der Waals surface area contributed by atoms with Gasteiger partial charge in [-0.25, -0.2) is 0 Å². The lowest BCUT2D eigenvalue weighted by atomic mass is 10.1. The SMILES string of the molecule is CCC1CC1(O)c1cc(C)cc(C)n1. The lowest BCUT2D eigenvalue weighted by molar-refractivity contribution is 0.125. The molecule has 1 aliphatic rings. The van der Waals surface area contributed by atoms with Gasteiger partial charge < -0.3 is 5.11 Å². The van der Waals surface area contributed by atoms with E-state index in [-0.39, 0.29) is 0 Å². The van der Waals surface area contributed by atoms with Crippen LogP contribution in [0.1, 0.15) is 36.7 Å². The van der Waals surface area contributed by atoms with Gasteiger partial charge in [-0.2, -0.15) is 0 Å². The third-order valence-corrected chi connectivity index (χ3v) is 3.11. The van der Waals surface area contributed by atoms with E-state index in [4.69, 9.17) is 0 Å². The van der Waals surface area contributed by atoms with E-state index in [1.807, 2.05) is 26.0 Å². The zero-order chi connectivity index (χ0) is 10.3. The van der Waals surface area contributed by atoms with Gasteiger partial charge in [-0.1, -0.05) is 13.3 Å². The van der Waals surface area contributed by atoms with E-state index in [0.717, 1.165) is 24.2 Å². The van der Waals surface area contributed by atoms with Gasteiger partial charge in [-0.05, 0) is 43.9 Å². The molecule has 2 rings (SSSR count). The fourth-order valence-electron chi connectivity index (χ4n) is 2.18. The van der Waals surface area contributed by atoms with Crippen LogP contribution in [0.3, 0.4) is 0 Å². The second-order valence-corrected chi connectivity index (χ2v) is 4.40. The van der Waals surface area contributed by atoms with Gasteiger partial charge in [-0.3, -0.25) is 4.98 Å². The number of hydrogen-bond acceptors (Lipinski definition) is 2. The molecule has 2 unspecified atom stereocenters. The summed E-state index contributed by atoms with van der Waals surface area (Å²) in [6.45, 7) is 6.14. The predicted molar refractivity (Wildman–Crippen MR) is 56.0 cm³/mol. The van der Waals surface area contributed by atoms with E-state index in [0.29, 0.717) is 5.92 Å². The average molecular weight is 191 g/mol.